The highest BCUT2D eigenvalue weighted by atomic mass is 32.2. The predicted molar refractivity (Wildman–Crippen MR) is 49.3 cm³/mol. The molecule has 1 aromatic rings. The lowest BCUT2D eigenvalue weighted by Gasteiger charge is -2.08. The average molecular weight is 255 g/mol. The monoisotopic (exact) mass is 255 g/mol. The first-order chi connectivity index (χ1) is 7.24. The number of hydrogen-bond donors (Lipinski definition) is 0. The maximum atomic E-state index is 12.2. The molecule has 0 aliphatic heterocycles. The van der Waals surface area contributed by atoms with Crippen molar-refractivity contribution in [1.29, 1.82) is 0 Å². The fraction of sp³-hybridized carbons (Fsp3) is 0.375. The molecule has 0 unspecified atom stereocenters. The highest BCUT2D eigenvalue weighted by molar-refractivity contribution is 7.87. The third kappa shape index (κ3) is 3.37. The quantitative estimate of drug-likeness (QED) is 0.773. The smallest absolute Gasteiger partial charge is 0.381 e. The second-order valence-electron chi connectivity index (χ2n) is 2.84. The Balaban J connectivity index is 3.01. The third-order valence-electron chi connectivity index (χ3n) is 1.62. The van der Waals surface area contributed by atoms with Gasteiger partial charge in [0.25, 0.3) is 0 Å². The Morgan fingerprint density at radius 1 is 1.38 bits per heavy atom. The summed E-state index contributed by atoms with van der Waals surface area (Å²) >= 11 is 0. The van der Waals surface area contributed by atoms with E-state index in [0.29, 0.717) is 12.3 Å². The fourth-order valence-corrected chi connectivity index (χ4v) is 1.33. The summed E-state index contributed by atoms with van der Waals surface area (Å²) in [6.07, 6.45) is -3.09. The van der Waals surface area contributed by atoms with Crippen LogP contribution in [0.25, 0.3) is 0 Å². The molecule has 1 rings (SSSR count). The molecule has 0 fully saturated rings. The predicted octanol–water partition coefficient (Wildman–Crippen LogP) is 1.83. The maximum absolute atomic E-state index is 12.2. The molecular weight excluding hydrogens is 247 g/mol. The topological polar surface area (TPSA) is 56.3 Å². The molecule has 0 spiro atoms. The molecule has 16 heavy (non-hydrogen) atoms. The van der Waals surface area contributed by atoms with Crippen molar-refractivity contribution in [2.75, 3.05) is 5.75 Å². The van der Waals surface area contributed by atoms with E-state index < -0.39 is 27.6 Å². The number of halogens is 3. The molecule has 90 valence electrons. The van der Waals surface area contributed by atoms with Crippen LogP contribution >= 0.6 is 0 Å². The minimum Gasteiger partial charge on any atom is -0.381 e. The Morgan fingerprint density at radius 2 is 2.00 bits per heavy atom. The second-order valence-corrected chi connectivity index (χ2v) is 4.70. The highest BCUT2D eigenvalue weighted by Gasteiger charge is 2.31. The van der Waals surface area contributed by atoms with Gasteiger partial charge in [-0.2, -0.15) is 21.6 Å². The molecule has 0 amide bonds. The van der Waals surface area contributed by atoms with Crippen molar-refractivity contribution < 1.29 is 25.8 Å². The summed E-state index contributed by atoms with van der Waals surface area (Å²) in [7, 11) is -3.84. The molecule has 0 saturated carbocycles. The number of alkyl halides is 3. The Hall–Kier alpha value is -1.31. The first kappa shape index (κ1) is 12.8. The van der Waals surface area contributed by atoms with Crippen LogP contribution in [0.15, 0.2) is 18.5 Å². The van der Waals surface area contributed by atoms with Gasteiger partial charge >= 0.3 is 16.3 Å². The Morgan fingerprint density at radius 3 is 2.50 bits per heavy atom. The summed E-state index contributed by atoms with van der Waals surface area (Å²) in [5, 5.41) is 0. The summed E-state index contributed by atoms with van der Waals surface area (Å²) in [5.41, 5.74) is -1.06. The minimum atomic E-state index is -4.58. The second kappa shape index (κ2) is 4.28. The molecule has 0 bridgehead atoms. The first-order valence-electron chi connectivity index (χ1n) is 4.19. The summed E-state index contributed by atoms with van der Waals surface area (Å²) in [4.78, 5) is 3.26. The van der Waals surface area contributed by atoms with Gasteiger partial charge in [0.1, 0.15) is 0 Å². The zero-order valence-electron chi connectivity index (χ0n) is 8.15. The van der Waals surface area contributed by atoms with E-state index in [4.69, 9.17) is 0 Å². The number of hydrogen-bond acceptors (Lipinski definition) is 4. The summed E-state index contributed by atoms with van der Waals surface area (Å²) in [6.45, 7) is 1.32. The van der Waals surface area contributed by atoms with Crippen molar-refractivity contribution in [3.63, 3.8) is 0 Å². The van der Waals surface area contributed by atoms with Crippen LogP contribution in [0, 0.1) is 0 Å². The number of rotatable bonds is 3. The van der Waals surface area contributed by atoms with E-state index in [0.717, 1.165) is 6.20 Å². The largest absolute Gasteiger partial charge is 0.418 e. The van der Waals surface area contributed by atoms with Crippen LogP contribution in [0.2, 0.25) is 0 Å². The molecule has 0 radical (unpaired) electrons. The number of aromatic nitrogens is 1. The van der Waals surface area contributed by atoms with E-state index in [9.17, 15) is 21.6 Å². The lowest BCUT2D eigenvalue weighted by atomic mass is 10.3. The number of nitrogens with zero attached hydrogens (tertiary/aromatic N) is 1. The van der Waals surface area contributed by atoms with Crippen LogP contribution in [-0.2, 0) is 16.3 Å². The SMILES string of the molecule is CCS(=O)(=O)Oc1cncc(C(F)(F)F)c1. The van der Waals surface area contributed by atoms with Crippen molar-refractivity contribution >= 4 is 10.1 Å². The van der Waals surface area contributed by atoms with Crippen LogP contribution in [0.1, 0.15) is 12.5 Å². The van der Waals surface area contributed by atoms with Gasteiger partial charge in [-0.1, -0.05) is 0 Å². The lowest BCUT2D eigenvalue weighted by molar-refractivity contribution is -0.137. The van der Waals surface area contributed by atoms with Gasteiger partial charge in [0.15, 0.2) is 5.75 Å². The molecule has 0 atom stereocenters. The molecule has 0 N–H and O–H groups in total. The van der Waals surface area contributed by atoms with Crippen molar-refractivity contribution in [1.82, 2.24) is 4.98 Å². The van der Waals surface area contributed by atoms with Crippen LogP contribution in [0.3, 0.4) is 0 Å². The molecule has 1 aromatic heterocycles. The number of pyridine rings is 1. The van der Waals surface area contributed by atoms with E-state index in [2.05, 4.69) is 9.17 Å². The lowest BCUT2D eigenvalue weighted by Crippen LogP contribution is -2.12. The molecule has 0 aromatic carbocycles. The van der Waals surface area contributed by atoms with E-state index in [1.807, 2.05) is 0 Å². The molecule has 1 heterocycles. The van der Waals surface area contributed by atoms with Gasteiger partial charge in [0.2, 0.25) is 0 Å². The van der Waals surface area contributed by atoms with Crippen molar-refractivity contribution in [3.05, 3.63) is 24.0 Å². The van der Waals surface area contributed by atoms with E-state index >= 15 is 0 Å². The first-order valence-corrected chi connectivity index (χ1v) is 5.77. The van der Waals surface area contributed by atoms with Crippen LogP contribution in [0.4, 0.5) is 13.2 Å². The normalized spacial score (nSPS) is 12.5. The molecule has 0 saturated heterocycles. The van der Waals surface area contributed by atoms with Crippen molar-refractivity contribution in [2.24, 2.45) is 0 Å². The summed E-state index contributed by atoms with van der Waals surface area (Å²) in [6, 6.07) is 0.584. The fourth-order valence-electron chi connectivity index (χ4n) is 0.825. The third-order valence-corrected chi connectivity index (χ3v) is 2.77. The molecule has 8 heteroatoms. The van der Waals surface area contributed by atoms with Gasteiger partial charge < -0.3 is 4.18 Å². The highest BCUT2D eigenvalue weighted by Crippen LogP contribution is 2.30. The Kier molecular flexibility index (Phi) is 3.41. The molecule has 0 aliphatic carbocycles. The van der Waals surface area contributed by atoms with Gasteiger partial charge in [-0.25, -0.2) is 0 Å². The van der Waals surface area contributed by atoms with Crippen LogP contribution in [0.5, 0.6) is 5.75 Å². The summed E-state index contributed by atoms with van der Waals surface area (Å²) in [5.74, 6) is -0.778. The maximum Gasteiger partial charge on any atom is 0.418 e. The van der Waals surface area contributed by atoms with Crippen molar-refractivity contribution in [3.8, 4) is 5.75 Å². The van der Waals surface area contributed by atoms with E-state index in [1.165, 1.54) is 6.92 Å². The van der Waals surface area contributed by atoms with Gasteiger partial charge in [-0.15, -0.1) is 0 Å². The van der Waals surface area contributed by atoms with Gasteiger partial charge in [-0.3, -0.25) is 4.98 Å². The van der Waals surface area contributed by atoms with Crippen LogP contribution < -0.4 is 4.18 Å². The van der Waals surface area contributed by atoms with Gasteiger partial charge in [0.05, 0.1) is 17.5 Å². The average Bonchev–Trinajstić information content (AvgIpc) is 2.16. The van der Waals surface area contributed by atoms with E-state index in [1.54, 1.807) is 0 Å². The summed E-state index contributed by atoms with van der Waals surface area (Å²) < 4.78 is 63.1. The molecule has 4 nitrogen and oxygen atoms in total. The van der Waals surface area contributed by atoms with Gasteiger partial charge in [-0.05, 0) is 13.0 Å². The minimum absolute atomic E-state index is 0.330. The Bertz CT molecular complexity index is 470. The van der Waals surface area contributed by atoms with Gasteiger partial charge in [0, 0.05) is 6.20 Å². The standard InChI is InChI=1S/C8H8F3NO3S/c1-2-16(13,14)15-7-3-6(4-12-5-7)8(9,10)11/h3-5H,2H2,1H3. The van der Waals surface area contributed by atoms with Crippen molar-refractivity contribution in [2.45, 2.75) is 13.1 Å². The molecular formula is C8H8F3NO3S. The Labute approximate surface area is 90.2 Å². The van der Waals surface area contributed by atoms with E-state index in [-0.39, 0.29) is 5.75 Å². The zero-order valence-corrected chi connectivity index (χ0v) is 8.97. The zero-order chi connectivity index (χ0) is 12.4. The molecule has 0 aliphatic rings. The van der Waals surface area contributed by atoms with Crippen LogP contribution in [-0.4, -0.2) is 19.2 Å².